The third kappa shape index (κ3) is 5.30. The zero-order valence-corrected chi connectivity index (χ0v) is 13.1. The molecular formula is C14H20BrNO3. The maximum atomic E-state index is 12.1. The van der Waals surface area contributed by atoms with E-state index in [1.54, 1.807) is 0 Å². The number of nitrogens with one attached hydrogen (secondary N) is 1. The fourth-order valence-electron chi connectivity index (χ4n) is 1.62. The minimum Gasteiger partial charge on any atom is -0.351 e. The number of halogens is 1. The molecule has 1 aromatic rings. The van der Waals surface area contributed by atoms with Crippen LogP contribution in [0, 0.1) is 6.92 Å². The van der Waals surface area contributed by atoms with Gasteiger partial charge in [0.15, 0.2) is 6.29 Å². The molecule has 0 unspecified atom stereocenters. The van der Waals surface area contributed by atoms with E-state index in [1.165, 1.54) is 0 Å². The van der Waals surface area contributed by atoms with Gasteiger partial charge in [-0.1, -0.05) is 11.6 Å². The molecular weight excluding hydrogens is 310 g/mol. The topological polar surface area (TPSA) is 47.6 Å². The maximum absolute atomic E-state index is 12.1. The Balaban J connectivity index is 2.61. The Bertz CT molecular complexity index is 417. The molecule has 0 radical (unpaired) electrons. The highest BCUT2D eigenvalue weighted by Crippen LogP contribution is 2.17. The van der Waals surface area contributed by atoms with E-state index in [-0.39, 0.29) is 5.91 Å². The van der Waals surface area contributed by atoms with Gasteiger partial charge in [-0.15, -0.1) is 0 Å². The van der Waals surface area contributed by atoms with Crippen molar-refractivity contribution in [2.45, 2.75) is 27.1 Å². The predicted molar refractivity (Wildman–Crippen MR) is 78.3 cm³/mol. The summed E-state index contributed by atoms with van der Waals surface area (Å²) in [6, 6.07) is 5.66. The third-order valence-electron chi connectivity index (χ3n) is 2.50. The van der Waals surface area contributed by atoms with Crippen LogP contribution in [-0.2, 0) is 9.47 Å². The van der Waals surface area contributed by atoms with Crippen LogP contribution in [0.4, 0.5) is 0 Å². The van der Waals surface area contributed by atoms with Gasteiger partial charge in [-0.05, 0) is 48.8 Å². The number of hydrogen-bond donors (Lipinski definition) is 1. The van der Waals surface area contributed by atoms with Crippen LogP contribution < -0.4 is 5.32 Å². The SMILES string of the molecule is CCOC(CNC(=O)c1cc(C)ccc1Br)OCC. The van der Waals surface area contributed by atoms with Gasteiger partial charge in [0.1, 0.15) is 0 Å². The second-order valence-corrected chi connectivity index (χ2v) is 4.89. The van der Waals surface area contributed by atoms with Gasteiger partial charge in [0.05, 0.1) is 12.1 Å². The minimum atomic E-state index is -0.400. The van der Waals surface area contributed by atoms with E-state index in [0.717, 1.165) is 10.0 Å². The standard InChI is InChI=1S/C14H20BrNO3/c1-4-18-13(19-5-2)9-16-14(17)11-8-10(3)6-7-12(11)15/h6-8,13H,4-5,9H2,1-3H3,(H,16,17). The van der Waals surface area contributed by atoms with E-state index in [1.807, 2.05) is 39.0 Å². The molecule has 19 heavy (non-hydrogen) atoms. The summed E-state index contributed by atoms with van der Waals surface area (Å²) in [6.45, 7) is 7.17. The average Bonchev–Trinajstić information content (AvgIpc) is 2.39. The molecule has 0 heterocycles. The number of hydrogen-bond acceptors (Lipinski definition) is 3. The lowest BCUT2D eigenvalue weighted by Crippen LogP contribution is -2.35. The number of amides is 1. The van der Waals surface area contributed by atoms with E-state index in [2.05, 4.69) is 21.2 Å². The highest BCUT2D eigenvalue weighted by Gasteiger charge is 2.13. The van der Waals surface area contributed by atoms with Crippen LogP contribution in [0.5, 0.6) is 0 Å². The lowest BCUT2D eigenvalue weighted by atomic mass is 10.1. The monoisotopic (exact) mass is 329 g/mol. The molecule has 0 spiro atoms. The van der Waals surface area contributed by atoms with Gasteiger partial charge in [0, 0.05) is 17.7 Å². The van der Waals surface area contributed by atoms with Crippen molar-refractivity contribution in [3.63, 3.8) is 0 Å². The zero-order valence-electron chi connectivity index (χ0n) is 11.5. The smallest absolute Gasteiger partial charge is 0.252 e. The summed E-state index contributed by atoms with van der Waals surface area (Å²) in [5, 5.41) is 2.82. The highest BCUT2D eigenvalue weighted by molar-refractivity contribution is 9.10. The van der Waals surface area contributed by atoms with Crippen LogP contribution >= 0.6 is 15.9 Å². The van der Waals surface area contributed by atoms with Gasteiger partial charge in [-0.2, -0.15) is 0 Å². The Morgan fingerprint density at radius 2 is 1.95 bits per heavy atom. The zero-order chi connectivity index (χ0) is 14.3. The first-order valence-electron chi connectivity index (χ1n) is 6.36. The lowest BCUT2D eigenvalue weighted by molar-refractivity contribution is -0.131. The Morgan fingerprint density at radius 1 is 1.32 bits per heavy atom. The van der Waals surface area contributed by atoms with Crippen molar-refractivity contribution in [2.24, 2.45) is 0 Å². The molecule has 0 atom stereocenters. The van der Waals surface area contributed by atoms with Crippen LogP contribution in [0.25, 0.3) is 0 Å². The van der Waals surface area contributed by atoms with Crippen molar-refractivity contribution in [3.05, 3.63) is 33.8 Å². The van der Waals surface area contributed by atoms with Gasteiger partial charge in [0.2, 0.25) is 0 Å². The predicted octanol–water partition coefficient (Wildman–Crippen LogP) is 2.89. The highest BCUT2D eigenvalue weighted by atomic mass is 79.9. The summed E-state index contributed by atoms with van der Waals surface area (Å²) < 4.78 is 11.5. The average molecular weight is 330 g/mol. The molecule has 1 rings (SSSR count). The van der Waals surface area contributed by atoms with Crippen molar-refractivity contribution in [3.8, 4) is 0 Å². The fraction of sp³-hybridized carbons (Fsp3) is 0.500. The van der Waals surface area contributed by atoms with E-state index in [0.29, 0.717) is 25.3 Å². The Morgan fingerprint density at radius 3 is 2.53 bits per heavy atom. The first kappa shape index (κ1) is 16.1. The molecule has 0 aromatic heterocycles. The van der Waals surface area contributed by atoms with Crippen LogP contribution in [0.2, 0.25) is 0 Å². The van der Waals surface area contributed by atoms with Crippen LogP contribution in [0.3, 0.4) is 0 Å². The fourth-order valence-corrected chi connectivity index (χ4v) is 2.05. The number of carbonyl (C=O) groups excluding carboxylic acids is 1. The van der Waals surface area contributed by atoms with Crippen LogP contribution in [0.15, 0.2) is 22.7 Å². The summed E-state index contributed by atoms with van der Waals surface area (Å²) in [5.74, 6) is -0.139. The number of aryl methyl sites for hydroxylation is 1. The van der Waals surface area contributed by atoms with Crippen molar-refractivity contribution < 1.29 is 14.3 Å². The molecule has 0 fully saturated rings. The van der Waals surface area contributed by atoms with Crippen molar-refractivity contribution in [1.29, 1.82) is 0 Å². The molecule has 0 aliphatic heterocycles. The summed E-state index contributed by atoms with van der Waals surface area (Å²) in [4.78, 5) is 12.1. The normalized spacial score (nSPS) is 10.8. The second-order valence-electron chi connectivity index (χ2n) is 4.03. The molecule has 106 valence electrons. The van der Waals surface area contributed by atoms with Crippen LogP contribution in [-0.4, -0.2) is 32.0 Å². The molecule has 0 saturated carbocycles. The molecule has 1 N–H and O–H groups in total. The lowest BCUT2D eigenvalue weighted by Gasteiger charge is -2.17. The second kappa shape index (κ2) is 8.30. The summed E-state index contributed by atoms with van der Waals surface area (Å²) in [7, 11) is 0. The molecule has 1 aromatic carbocycles. The number of carbonyl (C=O) groups is 1. The summed E-state index contributed by atoms with van der Waals surface area (Å²) in [6.07, 6.45) is -0.400. The summed E-state index contributed by atoms with van der Waals surface area (Å²) >= 11 is 3.38. The van der Waals surface area contributed by atoms with Gasteiger partial charge in [-0.25, -0.2) is 0 Å². The van der Waals surface area contributed by atoms with Crippen molar-refractivity contribution >= 4 is 21.8 Å². The Kier molecular flexibility index (Phi) is 7.05. The van der Waals surface area contributed by atoms with E-state index >= 15 is 0 Å². The molecule has 0 aliphatic rings. The van der Waals surface area contributed by atoms with Crippen LogP contribution in [0.1, 0.15) is 29.8 Å². The molecule has 1 amide bonds. The van der Waals surface area contributed by atoms with E-state index in [9.17, 15) is 4.79 Å². The number of rotatable bonds is 7. The Hall–Kier alpha value is -0.910. The van der Waals surface area contributed by atoms with E-state index < -0.39 is 6.29 Å². The molecule has 0 aliphatic carbocycles. The van der Waals surface area contributed by atoms with Crippen molar-refractivity contribution in [2.75, 3.05) is 19.8 Å². The quantitative estimate of drug-likeness (QED) is 0.782. The molecule has 0 bridgehead atoms. The molecule has 0 saturated heterocycles. The molecule has 4 nitrogen and oxygen atoms in total. The summed E-state index contributed by atoms with van der Waals surface area (Å²) in [5.41, 5.74) is 1.66. The van der Waals surface area contributed by atoms with Crippen molar-refractivity contribution in [1.82, 2.24) is 5.32 Å². The minimum absolute atomic E-state index is 0.139. The van der Waals surface area contributed by atoms with E-state index in [4.69, 9.17) is 9.47 Å². The Labute approximate surface area is 122 Å². The van der Waals surface area contributed by atoms with Gasteiger partial charge in [-0.3, -0.25) is 4.79 Å². The van der Waals surface area contributed by atoms with Gasteiger partial charge >= 0.3 is 0 Å². The number of benzene rings is 1. The maximum Gasteiger partial charge on any atom is 0.252 e. The van der Waals surface area contributed by atoms with Gasteiger partial charge in [0.25, 0.3) is 5.91 Å². The number of ether oxygens (including phenoxy) is 2. The first-order valence-corrected chi connectivity index (χ1v) is 7.15. The largest absolute Gasteiger partial charge is 0.351 e. The first-order chi connectivity index (χ1) is 9.08. The van der Waals surface area contributed by atoms with Gasteiger partial charge < -0.3 is 14.8 Å². The molecule has 5 heteroatoms. The third-order valence-corrected chi connectivity index (χ3v) is 3.19.